The Morgan fingerprint density at radius 1 is 1.15 bits per heavy atom. The largest absolute Gasteiger partial charge is 0.352 e. The monoisotopic (exact) mass is 479 g/mol. The Bertz CT molecular complexity index is 1280. The molecule has 5 rings (SSSR count). The van der Waals surface area contributed by atoms with Crippen molar-refractivity contribution in [3.05, 3.63) is 70.4 Å². The molecular weight excluding hydrogens is 454 g/mol. The van der Waals surface area contributed by atoms with E-state index in [4.69, 9.17) is 16.6 Å². The summed E-state index contributed by atoms with van der Waals surface area (Å²) in [6.45, 7) is 6.23. The Kier molecular flexibility index (Phi) is 6.08. The fourth-order valence-corrected chi connectivity index (χ4v) is 5.37. The number of amides is 1. The molecule has 3 heterocycles. The lowest BCUT2D eigenvalue weighted by Crippen LogP contribution is -2.43. The molecule has 1 N–H and O–H groups in total. The maximum atomic E-state index is 12.9. The molecule has 6 nitrogen and oxygen atoms in total. The zero-order valence-corrected chi connectivity index (χ0v) is 20.3. The van der Waals surface area contributed by atoms with Gasteiger partial charge < -0.3 is 10.2 Å². The van der Waals surface area contributed by atoms with E-state index in [1.165, 1.54) is 5.56 Å². The van der Waals surface area contributed by atoms with Gasteiger partial charge in [0, 0.05) is 24.7 Å². The van der Waals surface area contributed by atoms with E-state index >= 15 is 0 Å². The molecule has 33 heavy (non-hydrogen) atoms. The summed E-state index contributed by atoms with van der Waals surface area (Å²) < 4.78 is 2.95. The summed E-state index contributed by atoms with van der Waals surface area (Å²) in [4.78, 5) is 20.1. The molecule has 0 spiro atoms. The number of fused-ring (bicyclic) bond motifs is 1. The van der Waals surface area contributed by atoms with Crippen LogP contribution in [0.4, 0.5) is 5.13 Å². The van der Waals surface area contributed by atoms with E-state index in [2.05, 4.69) is 46.5 Å². The van der Waals surface area contributed by atoms with Crippen LogP contribution in [-0.2, 0) is 11.3 Å². The van der Waals surface area contributed by atoms with E-state index in [0.29, 0.717) is 18.1 Å². The van der Waals surface area contributed by atoms with Gasteiger partial charge in [-0.15, -0.1) is 0 Å². The number of carbonyl (C=O) groups excluding carboxylic acids is 1. The number of rotatable bonds is 5. The molecule has 2 aromatic carbocycles. The third-order valence-electron chi connectivity index (χ3n) is 6.10. The van der Waals surface area contributed by atoms with Gasteiger partial charge in [-0.05, 0) is 56.5 Å². The number of thiazole rings is 1. The maximum Gasteiger partial charge on any atom is 0.225 e. The average molecular weight is 480 g/mol. The molecule has 2 aromatic heterocycles. The van der Waals surface area contributed by atoms with Crippen molar-refractivity contribution in [2.45, 2.75) is 33.2 Å². The van der Waals surface area contributed by atoms with Crippen LogP contribution in [0, 0.1) is 19.8 Å². The van der Waals surface area contributed by atoms with Gasteiger partial charge in [0.25, 0.3) is 0 Å². The molecule has 1 aliphatic heterocycles. The highest BCUT2D eigenvalue weighted by atomic mass is 35.5. The van der Waals surface area contributed by atoms with Gasteiger partial charge in [0.15, 0.2) is 10.8 Å². The van der Waals surface area contributed by atoms with Crippen LogP contribution >= 0.6 is 22.9 Å². The molecular formula is C25H26ClN5OS. The minimum atomic E-state index is -0.0370. The summed E-state index contributed by atoms with van der Waals surface area (Å²) in [7, 11) is 0. The van der Waals surface area contributed by atoms with Gasteiger partial charge in [0.1, 0.15) is 0 Å². The average Bonchev–Trinajstić information content (AvgIpc) is 3.40. The van der Waals surface area contributed by atoms with Crippen molar-refractivity contribution < 1.29 is 4.79 Å². The van der Waals surface area contributed by atoms with Gasteiger partial charge in [0.2, 0.25) is 5.91 Å². The second-order valence-electron chi connectivity index (χ2n) is 8.61. The summed E-state index contributed by atoms with van der Waals surface area (Å²) in [5, 5.41) is 9.44. The maximum absolute atomic E-state index is 12.9. The standard InChI is InChI=1S/C25H26ClN5OS/c1-16-5-7-18(8-6-16)14-27-24(32)19-4-3-13-30(15-19)25-28-23-22(33-25)17(2)29-31(23)21-11-9-20(26)10-12-21/h5-12,19H,3-4,13-15H2,1-2H3,(H,27,32)/t19-/m1/s1. The Labute approximate surface area is 202 Å². The van der Waals surface area contributed by atoms with Crippen molar-refractivity contribution in [1.82, 2.24) is 20.1 Å². The zero-order chi connectivity index (χ0) is 22.9. The number of piperidine rings is 1. The molecule has 1 aliphatic rings. The Morgan fingerprint density at radius 3 is 2.67 bits per heavy atom. The molecule has 8 heteroatoms. The van der Waals surface area contributed by atoms with E-state index in [-0.39, 0.29) is 11.8 Å². The van der Waals surface area contributed by atoms with Crippen LogP contribution in [-0.4, -0.2) is 33.8 Å². The van der Waals surface area contributed by atoms with E-state index < -0.39 is 0 Å². The predicted molar refractivity (Wildman–Crippen MR) is 134 cm³/mol. The Balaban J connectivity index is 1.31. The van der Waals surface area contributed by atoms with Gasteiger partial charge in [-0.1, -0.05) is 52.8 Å². The molecule has 1 atom stereocenters. The van der Waals surface area contributed by atoms with Crippen LogP contribution in [0.5, 0.6) is 0 Å². The molecule has 1 amide bonds. The fraction of sp³-hybridized carbons (Fsp3) is 0.320. The van der Waals surface area contributed by atoms with Gasteiger partial charge in [0.05, 0.1) is 22.0 Å². The van der Waals surface area contributed by atoms with E-state index in [0.717, 1.165) is 51.8 Å². The van der Waals surface area contributed by atoms with Crippen molar-refractivity contribution in [2.75, 3.05) is 18.0 Å². The second kappa shape index (κ2) is 9.15. The number of hydrogen-bond acceptors (Lipinski definition) is 5. The summed E-state index contributed by atoms with van der Waals surface area (Å²) in [5.41, 5.74) is 5.07. The van der Waals surface area contributed by atoms with Crippen molar-refractivity contribution in [1.29, 1.82) is 0 Å². The minimum absolute atomic E-state index is 0.0370. The number of nitrogens with zero attached hydrogens (tertiary/aromatic N) is 4. The molecule has 0 unspecified atom stereocenters. The van der Waals surface area contributed by atoms with Crippen molar-refractivity contribution in [2.24, 2.45) is 5.92 Å². The summed E-state index contributed by atoms with van der Waals surface area (Å²) >= 11 is 7.70. The molecule has 4 aromatic rings. The third-order valence-corrected chi connectivity index (χ3v) is 7.56. The number of hydrogen-bond donors (Lipinski definition) is 1. The summed E-state index contributed by atoms with van der Waals surface area (Å²) in [6, 6.07) is 15.9. The van der Waals surface area contributed by atoms with Crippen LogP contribution in [0.15, 0.2) is 48.5 Å². The first-order valence-corrected chi connectivity index (χ1v) is 12.4. The van der Waals surface area contributed by atoms with Gasteiger partial charge in [-0.3, -0.25) is 4.79 Å². The van der Waals surface area contributed by atoms with Crippen LogP contribution in [0.2, 0.25) is 5.02 Å². The lowest BCUT2D eigenvalue weighted by atomic mass is 9.97. The summed E-state index contributed by atoms with van der Waals surface area (Å²) in [6.07, 6.45) is 1.87. The number of carbonyl (C=O) groups is 1. The molecule has 1 saturated heterocycles. The highest BCUT2D eigenvalue weighted by Crippen LogP contribution is 2.34. The number of aryl methyl sites for hydroxylation is 2. The van der Waals surface area contributed by atoms with Crippen molar-refractivity contribution >= 4 is 44.3 Å². The van der Waals surface area contributed by atoms with Gasteiger partial charge in [-0.25, -0.2) is 4.68 Å². The van der Waals surface area contributed by atoms with Crippen LogP contribution in [0.3, 0.4) is 0 Å². The zero-order valence-electron chi connectivity index (χ0n) is 18.7. The molecule has 0 radical (unpaired) electrons. The van der Waals surface area contributed by atoms with E-state index in [1.54, 1.807) is 11.3 Å². The number of aromatic nitrogens is 3. The van der Waals surface area contributed by atoms with Gasteiger partial charge in [-0.2, -0.15) is 10.1 Å². The van der Waals surface area contributed by atoms with E-state index in [9.17, 15) is 4.79 Å². The first-order valence-electron chi connectivity index (χ1n) is 11.2. The first-order chi connectivity index (χ1) is 16.0. The molecule has 0 bridgehead atoms. The molecule has 0 saturated carbocycles. The smallest absolute Gasteiger partial charge is 0.225 e. The highest BCUT2D eigenvalue weighted by Gasteiger charge is 2.28. The number of benzene rings is 2. The second-order valence-corrected chi connectivity index (χ2v) is 10.0. The number of halogens is 1. The van der Waals surface area contributed by atoms with Crippen LogP contribution < -0.4 is 10.2 Å². The Morgan fingerprint density at radius 2 is 1.91 bits per heavy atom. The minimum Gasteiger partial charge on any atom is -0.352 e. The SMILES string of the molecule is Cc1ccc(CNC(=O)[C@@H]2CCCN(c3nc4c(s3)c(C)nn4-c3ccc(Cl)cc3)C2)cc1. The first kappa shape index (κ1) is 21.9. The highest BCUT2D eigenvalue weighted by molar-refractivity contribution is 7.22. The van der Waals surface area contributed by atoms with Crippen molar-refractivity contribution in [3.63, 3.8) is 0 Å². The Hall–Kier alpha value is -2.90. The fourth-order valence-electron chi connectivity index (χ4n) is 4.23. The predicted octanol–water partition coefficient (Wildman–Crippen LogP) is 5.29. The van der Waals surface area contributed by atoms with Crippen LogP contribution in [0.25, 0.3) is 16.0 Å². The number of nitrogens with one attached hydrogen (secondary N) is 1. The lowest BCUT2D eigenvalue weighted by Gasteiger charge is -2.31. The van der Waals surface area contributed by atoms with Crippen LogP contribution in [0.1, 0.15) is 29.7 Å². The number of anilines is 1. The molecule has 1 fully saturated rings. The van der Waals surface area contributed by atoms with Gasteiger partial charge >= 0.3 is 0 Å². The third kappa shape index (κ3) is 4.61. The van der Waals surface area contributed by atoms with Crippen molar-refractivity contribution in [3.8, 4) is 5.69 Å². The quantitative estimate of drug-likeness (QED) is 0.422. The normalized spacial score (nSPS) is 16.3. The lowest BCUT2D eigenvalue weighted by molar-refractivity contribution is -0.125. The van der Waals surface area contributed by atoms with E-state index in [1.807, 2.05) is 35.9 Å². The molecule has 170 valence electrons. The summed E-state index contributed by atoms with van der Waals surface area (Å²) in [5.74, 6) is 0.0787. The topological polar surface area (TPSA) is 63.1 Å². The molecule has 0 aliphatic carbocycles.